The van der Waals surface area contributed by atoms with E-state index in [9.17, 15) is 9.59 Å². The zero-order valence-corrected chi connectivity index (χ0v) is 11.3. The molecule has 0 aliphatic rings. The highest BCUT2D eigenvalue weighted by molar-refractivity contribution is 5.92. The number of hydrogen-bond acceptors (Lipinski definition) is 2. The van der Waals surface area contributed by atoms with Crippen LogP contribution in [0, 0.1) is 0 Å². The van der Waals surface area contributed by atoms with E-state index in [0.29, 0.717) is 13.0 Å². The summed E-state index contributed by atoms with van der Waals surface area (Å²) in [6.45, 7) is 4.26. The number of rotatable bonds is 6. The molecular formula is C14H20N2O3. The number of carbonyl (C=O) groups is 2. The van der Waals surface area contributed by atoms with Crippen LogP contribution in [0.5, 0.6) is 0 Å². The highest BCUT2D eigenvalue weighted by atomic mass is 16.4. The van der Waals surface area contributed by atoms with Gasteiger partial charge in [-0.2, -0.15) is 0 Å². The Bertz CT molecular complexity index is 420. The number of carboxylic acids is 1. The minimum absolute atomic E-state index is 0.0545. The molecule has 1 aromatic carbocycles. The van der Waals surface area contributed by atoms with Gasteiger partial charge in [0.1, 0.15) is 0 Å². The Kier molecular flexibility index (Phi) is 5.85. The molecule has 0 saturated carbocycles. The summed E-state index contributed by atoms with van der Waals surface area (Å²) < 4.78 is 0. The summed E-state index contributed by atoms with van der Waals surface area (Å²) in [4.78, 5) is 24.2. The van der Waals surface area contributed by atoms with Crippen LogP contribution in [0.25, 0.3) is 0 Å². The third kappa shape index (κ3) is 4.99. The van der Waals surface area contributed by atoms with Crippen molar-refractivity contribution in [1.29, 1.82) is 0 Å². The van der Waals surface area contributed by atoms with Crippen LogP contribution in [0.1, 0.15) is 26.7 Å². The number of benzene rings is 1. The minimum atomic E-state index is -0.850. The lowest BCUT2D eigenvalue weighted by molar-refractivity contribution is -0.137. The van der Waals surface area contributed by atoms with Gasteiger partial charge >= 0.3 is 12.0 Å². The molecule has 1 unspecified atom stereocenters. The Morgan fingerprint density at radius 3 is 2.47 bits per heavy atom. The molecule has 1 aromatic rings. The third-order valence-corrected chi connectivity index (χ3v) is 2.79. The number of anilines is 1. The number of nitrogens with zero attached hydrogens (tertiary/aromatic N) is 1. The van der Waals surface area contributed by atoms with E-state index >= 15 is 0 Å². The first-order valence-corrected chi connectivity index (χ1v) is 6.39. The normalized spacial score (nSPS) is 11.7. The molecule has 0 radical (unpaired) electrons. The molecule has 0 heterocycles. The van der Waals surface area contributed by atoms with E-state index in [0.717, 1.165) is 5.69 Å². The van der Waals surface area contributed by atoms with Gasteiger partial charge in [-0.05, 0) is 32.4 Å². The van der Waals surface area contributed by atoms with Gasteiger partial charge in [-0.1, -0.05) is 18.2 Å². The number of amides is 2. The van der Waals surface area contributed by atoms with Crippen LogP contribution < -0.4 is 10.2 Å². The van der Waals surface area contributed by atoms with Crippen LogP contribution in [-0.4, -0.2) is 29.7 Å². The SMILES string of the molecule is CCN(C(=O)NC(C)CCC(=O)O)c1ccccc1. The molecule has 2 amide bonds. The fourth-order valence-electron chi connectivity index (χ4n) is 1.75. The summed E-state index contributed by atoms with van der Waals surface area (Å²) in [6.07, 6.45) is 0.478. The van der Waals surface area contributed by atoms with Gasteiger partial charge in [-0.3, -0.25) is 9.69 Å². The van der Waals surface area contributed by atoms with Gasteiger partial charge in [-0.15, -0.1) is 0 Å². The number of para-hydroxylation sites is 1. The van der Waals surface area contributed by atoms with Crippen molar-refractivity contribution in [1.82, 2.24) is 5.32 Å². The maximum Gasteiger partial charge on any atom is 0.322 e. The first-order valence-electron chi connectivity index (χ1n) is 6.39. The molecule has 0 spiro atoms. The van der Waals surface area contributed by atoms with Crippen molar-refractivity contribution in [2.24, 2.45) is 0 Å². The summed E-state index contributed by atoms with van der Waals surface area (Å²) in [6, 6.07) is 9.01. The highest BCUT2D eigenvalue weighted by Gasteiger charge is 2.16. The van der Waals surface area contributed by atoms with Crippen LogP contribution in [0.2, 0.25) is 0 Å². The monoisotopic (exact) mass is 264 g/mol. The maximum absolute atomic E-state index is 12.1. The second-order valence-corrected chi connectivity index (χ2v) is 4.36. The molecule has 5 nitrogen and oxygen atoms in total. The summed E-state index contributed by atoms with van der Waals surface area (Å²) in [5.41, 5.74) is 0.827. The molecule has 2 N–H and O–H groups in total. The summed E-state index contributed by atoms with van der Waals surface area (Å²) >= 11 is 0. The lowest BCUT2D eigenvalue weighted by Crippen LogP contribution is -2.44. The molecular weight excluding hydrogens is 244 g/mol. The zero-order chi connectivity index (χ0) is 14.3. The van der Waals surface area contributed by atoms with E-state index in [1.165, 1.54) is 0 Å². The average molecular weight is 264 g/mol. The van der Waals surface area contributed by atoms with Gasteiger partial charge in [-0.25, -0.2) is 4.79 Å². The highest BCUT2D eigenvalue weighted by Crippen LogP contribution is 2.13. The van der Waals surface area contributed by atoms with Crippen molar-refractivity contribution >= 4 is 17.7 Å². The Morgan fingerprint density at radius 1 is 1.32 bits per heavy atom. The topological polar surface area (TPSA) is 69.6 Å². The van der Waals surface area contributed by atoms with E-state index in [1.54, 1.807) is 11.8 Å². The van der Waals surface area contributed by atoms with Crippen molar-refractivity contribution in [2.45, 2.75) is 32.7 Å². The van der Waals surface area contributed by atoms with E-state index in [4.69, 9.17) is 5.11 Å². The first-order chi connectivity index (χ1) is 9.04. The summed E-state index contributed by atoms with van der Waals surface area (Å²) in [7, 11) is 0. The number of carboxylic acid groups (broad SMARTS) is 1. The quantitative estimate of drug-likeness (QED) is 0.829. The van der Waals surface area contributed by atoms with Crippen LogP contribution in [0.3, 0.4) is 0 Å². The molecule has 0 bridgehead atoms. The molecule has 0 aliphatic heterocycles. The van der Waals surface area contributed by atoms with Crippen LogP contribution in [-0.2, 0) is 4.79 Å². The van der Waals surface area contributed by atoms with Crippen LogP contribution >= 0.6 is 0 Å². The molecule has 104 valence electrons. The van der Waals surface area contributed by atoms with Gasteiger partial charge < -0.3 is 10.4 Å². The second kappa shape index (κ2) is 7.41. The predicted molar refractivity (Wildman–Crippen MR) is 74.3 cm³/mol. The largest absolute Gasteiger partial charge is 0.481 e. The van der Waals surface area contributed by atoms with Crippen molar-refractivity contribution in [3.63, 3.8) is 0 Å². The number of carbonyl (C=O) groups excluding carboxylic acids is 1. The molecule has 1 rings (SSSR count). The van der Waals surface area contributed by atoms with Crippen LogP contribution in [0.15, 0.2) is 30.3 Å². The van der Waals surface area contributed by atoms with Crippen molar-refractivity contribution in [2.75, 3.05) is 11.4 Å². The fourth-order valence-corrected chi connectivity index (χ4v) is 1.75. The smallest absolute Gasteiger partial charge is 0.322 e. The van der Waals surface area contributed by atoms with Crippen LogP contribution in [0.4, 0.5) is 10.5 Å². The molecule has 5 heteroatoms. The summed E-state index contributed by atoms with van der Waals surface area (Å²) in [5, 5.41) is 11.4. The average Bonchev–Trinajstić information content (AvgIpc) is 2.38. The lowest BCUT2D eigenvalue weighted by atomic mass is 10.2. The molecule has 0 aliphatic carbocycles. The lowest BCUT2D eigenvalue weighted by Gasteiger charge is -2.23. The Morgan fingerprint density at radius 2 is 1.95 bits per heavy atom. The van der Waals surface area contributed by atoms with Gasteiger partial charge in [0.15, 0.2) is 0 Å². The predicted octanol–water partition coefficient (Wildman–Crippen LogP) is 2.48. The zero-order valence-electron chi connectivity index (χ0n) is 11.3. The second-order valence-electron chi connectivity index (χ2n) is 4.36. The van der Waals surface area contributed by atoms with E-state index in [2.05, 4.69) is 5.32 Å². The molecule has 0 aromatic heterocycles. The minimum Gasteiger partial charge on any atom is -0.481 e. The van der Waals surface area contributed by atoms with Gasteiger partial charge in [0.25, 0.3) is 0 Å². The number of hydrogen-bond donors (Lipinski definition) is 2. The summed E-state index contributed by atoms with van der Waals surface area (Å²) in [5.74, 6) is -0.850. The van der Waals surface area contributed by atoms with Gasteiger partial charge in [0.05, 0.1) is 0 Å². The van der Waals surface area contributed by atoms with E-state index in [-0.39, 0.29) is 18.5 Å². The number of nitrogens with one attached hydrogen (secondary N) is 1. The van der Waals surface area contributed by atoms with Crippen molar-refractivity contribution in [3.8, 4) is 0 Å². The van der Waals surface area contributed by atoms with E-state index < -0.39 is 5.97 Å². The van der Waals surface area contributed by atoms with E-state index in [1.807, 2.05) is 37.3 Å². The third-order valence-electron chi connectivity index (χ3n) is 2.79. The molecule has 0 saturated heterocycles. The number of aliphatic carboxylic acids is 1. The number of urea groups is 1. The molecule has 1 atom stereocenters. The first kappa shape index (κ1) is 15.0. The standard InChI is InChI=1S/C14H20N2O3/c1-3-16(12-7-5-4-6-8-12)14(19)15-11(2)9-10-13(17)18/h4-8,11H,3,9-10H2,1-2H3,(H,15,19)(H,17,18). The van der Waals surface area contributed by atoms with Crippen molar-refractivity contribution < 1.29 is 14.7 Å². The molecule has 0 fully saturated rings. The van der Waals surface area contributed by atoms with Crippen molar-refractivity contribution in [3.05, 3.63) is 30.3 Å². The van der Waals surface area contributed by atoms with Gasteiger partial charge in [0, 0.05) is 24.7 Å². The maximum atomic E-state index is 12.1. The van der Waals surface area contributed by atoms with Gasteiger partial charge in [0.2, 0.25) is 0 Å². The Labute approximate surface area is 113 Å². The Hall–Kier alpha value is -2.04. The molecule has 19 heavy (non-hydrogen) atoms. The fraction of sp³-hybridized carbons (Fsp3) is 0.429. The Balaban J connectivity index is 2.57.